The molecule has 1 aromatic carbocycles. The molecule has 0 unspecified atom stereocenters. The second kappa shape index (κ2) is 9.11. The number of ether oxygens (including phenoxy) is 2. The molecule has 0 atom stereocenters. The fourth-order valence-electron chi connectivity index (χ4n) is 2.01. The highest BCUT2D eigenvalue weighted by Gasteiger charge is 2.26. The smallest absolute Gasteiger partial charge is 0.340 e. The number of carbonyl (C=O) groups excluding carboxylic acids is 3. The molecule has 1 aromatic rings. The quantitative estimate of drug-likeness (QED) is 0.179. The van der Waals surface area contributed by atoms with Gasteiger partial charge in [-0.15, -0.1) is 0 Å². The molecule has 0 bridgehead atoms. The minimum atomic E-state index is -0.963. The van der Waals surface area contributed by atoms with Crippen molar-refractivity contribution in [3.8, 4) is 0 Å². The Bertz CT molecular complexity index is 794. The standard InChI is InChI=1S/C17H18N2O7/c1-18(2)10-13(17(22)26-4)12(16(21)25-3)9-15(20)11-7-5-6-8-14(11)19(23)24/h5-10H,1-4H3/b12-9+,13-10+. The number of para-hydroxylation sites is 1. The van der Waals surface area contributed by atoms with Gasteiger partial charge in [0.25, 0.3) is 5.69 Å². The molecular weight excluding hydrogens is 344 g/mol. The van der Waals surface area contributed by atoms with E-state index in [4.69, 9.17) is 0 Å². The van der Waals surface area contributed by atoms with E-state index in [1.807, 2.05) is 0 Å². The van der Waals surface area contributed by atoms with Crippen molar-refractivity contribution in [1.82, 2.24) is 4.90 Å². The van der Waals surface area contributed by atoms with Gasteiger partial charge in [0.1, 0.15) is 0 Å². The number of hydrogen-bond donors (Lipinski definition) is 0. The lowest BCUT2D eigenvalue weighted by Gasteiger charge is -2.12. The zero-order valence-electron chi connectivity index (χ0n) is 14.7. The fourth-order valence-corrected chi connectivity index (χ4v) is 2.01. The van der Waals surface area contributed by atoms with Gasteiger partial charge < -0.3 is 14.4 Å². The molecule has 0 aromatic heterocycles. The molecule has 0 saturated carbocycles. The zero-order valence-corrected chi connectivity index (χ0v) is 14.7. The highest BCUT2D eigenvalue weighted by atomic mass is 16.6. The summed E-state index contributed by atoms with van der Waals surface area (Å²) in [6.45, 7) is 0. The molecule has 0 aliphatic carbocycles. The Morgan fingerprint density at radius 1 is 1.04 bits per heavy atom. The topological polar surface area (TPSA) is 116 Å². The SMILES string of the molecule is COC(=O)C(=C/C(=O)c1ccccc1[N+](=O)[O-])/C(=C\N(C)C)C(=O)OC. The number of rotatable bonds is 7. The molecule has 9 nitrogen and oxygen atoms in total. The molecule has 0 amide bonds. The summed E-state index contributed by atoms with van der Waals surface area (Å²) in [6.07, 6.45) is 2.10. The van der Waals surface area contributed by atoms with Crippen LogP contribution in [-0.4, -0.2) is 55.9 Å². The molecule has 1 rings (SSSR count). The summed E-state index contributed by atoms with van der Waals surface area (Å²) in [7, 11) is 5.39. The number of nitrogens with zero attached hydrogens (tertiary/aromatic N) is 2. The van der Waals surface area contributed by atoms with Gasteiger partial charge >= 0.3 is 11.9 Å². The van der Waals surface area contributed by atoms with E-state index in [1.54, 1.807) is 14.1 Å². The van der Waals surface area contributed by atoms with Crippen molar-refractivity contribution in [2.45, 2.75) is 0 Å². The lowest BCUT2D eigenvalue weighted by atomic mass is 10.0. The van der Waals surface area contributed by atoms with E-state index in [-0.39, 0.29) is 16.7 Å². The molecule has 0 aliphatic rings. The van der Waals surface area contributed by atoms with Crippen LogP contribution in [0.1, 0.15) is 10.4 Å². The first kappa shape index (κ1) is 20.6. The van der Waals surface area contributed by atoms with Gasteiger partial charge in [0.2, 0.25) is 0 Å². The van der Waals surface area contributed by atoms with Crippen LogP contribution in [0.5, 0.6) is 0 Å². The van der Waals surface area contributed by atoms with Crippen molar-refractivity contribution in [3.05, 3.63) is 63.4 Å². The maximum absolute atomic E-state index is 12.5. The first-order chi connectivity index (χ1) is 12.2. The third-order valence-electron chi connectivity index (χ3n) is 3.13. The first-order valence-electron chi connectivity index (χ1n) is 7.27. The maximum atomic E-state index is 12.5. The number of carbonyl (C=O) groups is 3. The Labute approximate surface area is 149 Å². The van der Waals surface area contributed by atoms with Crippen LogP contribution in [-0.2, 0) is 19.1 Å². The minimum absolute atomic E-state index is 0.226. The Hall–Kier alpha value is -3.49. The predicted molar refractivity (Wildman–Crippen MR) is 91.3 cm³/mol. The number of methoxy groups -OCH3 is 2. The number of benzene rings is 1. The number of ketones is 1. The summed E-state index contributed by atoms with van der Waals surface area (Å²) < 4.78 is 9.26. The summed E-state index contributed by atoms with van der Waals surface area (Å²) in [5.41, 5.74) is -1.25. The molecule has 9 heteroatoms. The lowest BCUT2D eigenvalue weighted by Crippen LogP contribution is -2.19. The Morgan fingerprint density at radius 2 is 1.58 bits per heavy atom. The van der Waals surface area contributed by atoms with Crippen LogP contribution >= 0.6 is 0 Å². The van der Waals surface area contributed by atoms with Gasteiger partial charge in [-0.1, -0.05) is 12.1 Å². The van der Waals surface area contributed by atoms with E-state index in [9.17, 15) is 24.5 Å². The highest BCUT2D eigenvalue weighted by molar-refractivity contribution is 6.15. The summed E-state index contributed by atoms with van der Waals surface area (Å²) in [5.74, 6) is -2.66. The van der Waals surface area contributed by atoms with Gasteiger partial charge in [-0.25, -0.2) is 9.59 Å². The Kier molecular flexibility index (Phi) is 7.20. The van der Waals surface area contributed by atoms with Crippen LogP contribution in [0, 0.1) is 10.1 Å². The largest absolute Gasteiger partial charge is 0.465 e. The molecule has 0 spiro atoms. The van der Waals surface area contributed by atoms with E-state index in [2.05, 4.69) is 9.47 Å². The maximum Gasteiger partial charge on any atom is 0.340 e. The Balaban J connectivity index is 3.54. The van der Waals surface area contributed by atoms with Gasteiger partial charge in [0.15, 0.2) is 5.78 Å². The number of allylic oxidation sites excluding steroid dienone is 1. The van der Waals surface area contributed by atoms with Gasteiger partial charge in [-0.3, -0.25) is 14.9 Å². The Morgan fingerprint density at radius 3 is 2.08 bits per heavy atom. The molecule has 26 heavy (non-hydrogen) atoms. The van der Waals surface area contributed by atoms with Crippen molar-refractivity contribution in [2.24, 2.45) is 0 Å². The second-order valence-corrected chi connectivity index (χ2v) is 5.19. The van der Waals surface area contributed by atoms with E-state index in [0.717, 1.165) is 26.4 Å². The van der Waals surface area contributed by atoms with Crippen molar-refractivity contribution in [2.75, 3.05) is 28.3 Å². The van der Waals surface area contributed by atoms with Crippen molar-refractivity contribution >= 4 is 23.4 Å². The van der Waals surface area contributed by atoms with Crippen molar-refractivity contribution in [1.29, 1.82) is 0 Å². The molecule has 0 heterocycles. The molecule has 0 radical (unpaired) electrons. The zero-order chi connectivity index (χ0) is 19.9. The number of hydrogen-bond acceptors (Lipinski definition) is 8. The van der Waals surface area contributed by atoms with Gasteiger partial charge in [-0.05, 0) is 6.07 Å². The average Bonchev–Trinajstić information content (AvgIpc) is 2.62. The summed E-state index contributed by atoms with van der Waals surface area (Å²) >= 11 is 0. The third-order valence-corrected chi connectivity index (χ3v) is 3.13. The summed E-state index contributed by atoms with van der Waals surface area (Å²) in [5, 5.41) is 11.1. The van der Waals surface area contributed by atoms with Gasteiger partial charge in [0.05, 0.1) is 35.9 Å². The second-order valence-electron chi connectivity index (χ2n) is 5.19. The molecule has 138 valence electrons. The number of nitro groups is 1. The minimum Gasteiger partial charge on any atom is -0.465 e. The lowest BCUT2D eigenvalue weighted by molar-refractivity contribution is -0.385. The molecular formula is C17H18N2O7. The van der Waals surface area contributed by atoms with E-state index < -0.39 is 28.3 Å². The van der Waals surface area contributed by atoms with Crippen LogP contribution in [0.15, 0.2) is 47.7 Å². The number of nitro benzene ring substituents is 1. The molecule has 0 N–H and O–H groups in total. The van der Waals surface area contributed by atoms with Crippen LogP contribution in [0.3, 0.4) is 0 Å². The van der Waals surface area contributed by atoms with Crippen molar-refractivity contribution < 1.29 is 28.8 Å². The van der Waals surface area contributed by atoms with Crippen molar-refractivity contribution in [3.63, 3.8) is 0 Å². The van der Waals surface area contributed by atoms with Crippen LogP contribution in [0.25, 0.3) is 0 Å². The van der Waals surface area contributed by atoms with Crippen LogP contribution < -0.4 is 0 Å². The molecule has 0 saturated heterocycles. The highest BCUT2D eigenvalue weighted by Crippen LogP contribution is 2.21. The van der Waals surface area contributed by atoms with Gasteiger partial charge in [0, 0.05) is 32.4 Å². The van der Waals surface area contributed by atoms with E-state index >= 15 is 0 Å². The summed E-state index contributed by atoms with van der Waals surface area (Å²) in [4.78, 5) is 48.5. The molecule has 0 fully saturated rings. The van der Waals surface area contributed by atoms with Crippen LogP contribution in [0.4, 0.5) is 5.69 Å². The fraction of sp³-hybridized carbons (Fsp3) is 0.235. The monoisotopic (exact) mass is 362 g/mol. The summed E-state index contributed by atoms with van der Waals surface area (Å²) in [6, 6.07) is 5.27. The first-order valence-corrected chi connectivity index (χ1v) is 7.27. The third kappa shape index (κ3) is 5.00. The van der Waals surface area contributed by atoms with Crippen LogP contribution in [0.2, 0.25) is 0 Å². The van der Waals surface area contributed by atoms with Gasteiger partial charge in [-0.2, -0.15) is 0 Å². The van der Waals surface area contributed by atoms with E-state index in [0.29, 0.717) is 0 Å². The van der Waals surface area contributed by atoms with E-state index in [1.165, 1.54) is 29.3 Å². The number of esters is 2. The average molecular weight is 362 g/mol. The normalized spacial score (nSPS) is 11.5. The predicted octanol–water partition coefficient (Wildman–Crippen LogP) is 1.50. The molecule has 0 aliphatic heterocycles.